The van der Waals surface area contributed by atoms with E-state index >= 15 is 0 Å². The van der Waals surface area contributed by atoms with Gasteiger partial charge in [0.25, 0.3) is 0 Å². The normalized spacial score (nSPS) is 14.6. The van der Waals surface area contributed by atoms with Gasteiger partial charge in [0.15, 0.2) is 5.84 Å². The van der Waals surface area contributed by atoms with Crippen molar-refractivity contribution in [2.24, 2.45) is 9.98 Å². The number of hydrogen-bond acceptors (Lipinski definition) is 4. The Morgan fingerprint density at radius 1 is 0.480 bits per heavy atom. The van der Waals surface area contributed by atoms with Crippen LogP contribution in [0.15, 0.2) is 184 Å². The monoisotopic (exact) mass is 642 g/mol. The molecule has 1 atom stereocenters. The Morgan fingerprint density at radius 2 is 1.10 bits per heavy atom. The van der Waals surface area contributed by atoms with Gasteiger partial charge in [-0.25, -0.2) is 9.98 Å². The number of nitrogens with zero attached hydrogens (tertiary/aromatic N) is 3. The number of benzene rings is 7. The Hall–Kier alpha value is -6.72. The van der Waals surface area contributed by atoms with Crippen molar-refractivity contribution in [2.45, 2.75) is 6.17 Å². The maximum atomic E-state index is 6.39. The van der Waals surface area contributed by atoms with E-state index < -0.39 is 0 Å². The highest BCUT2D eigenvalue weighted by atomic mass is 16.3. The predicted molar refractivity (Wildman–Crippen MR) is 205 cm³/mol. The molecule has 0 saturated heterocycles. The van der Waals surface area contributed by atoms with Gasteiger partial charge in [0, 0.05) is 38.4 Å². The molecule has 9 aromatic rings. The lowest BCUT2D eigenvalue weighted by Crippen LogP contribution is -2.33. The van der Waals surface area contributed by atoms with Gasteiger partial charge < -0.3 is 14.3 Å². The third kappa shape index (κ3) is 4.71. The lowest BCUT2D eigenvalue weighted by atomic mass is 10.0. The van der Waals surface area contributed by atoms with Crippen LogP contribution in [-0.2, 0) is 0 Å². The number of furan rings is 1. The van der Waals surface area contributed by atoms with Crippen LogP contribution in [0.5, 0.6) is 0 Å². The zero-order valence-corrected chi connectivity index (χ0v) is 27.0. The van der Waals surface area contributed by atoms with Crippen molar-refractivity contribution < 1.29 is 4.42 Å². The van der Waals surface area contributed by atoms with Crippen LogP contribution in [0.3, 0.4) is 0 Å². The second kappa shape index (κ2) is 11.5. The zero-order valence-electron chi connectivity index (χ0n) is 27.0. The SMILES string of the molecule is c1ccc(C2=NC(c3ccccc3)NC(c3ccc4oc5ccc(-n6c7ccccc7c7cc(-c8ccccc8)ccc76)cc5c4c3)=N2)cc1. The highest BCUT2D eigenvalue weighted by Gasteiger charge is 2.22. The second-order valence-corrected chi connectivity index (χ2v) is 12.7. The number of nitrogens with one attached hydrogen (secondary N) is 1. The largest absolute Gasteiger partial charge is 0.456 e. The van der Waals surface area contributed by atoms with Crippen molar-refractivity contribution in [3.05, 3.63) is 187 Å². The summed E-state index contributed by atoms with van der Waals surface area (Å²) < 4.78 is 8.76. The van der Waals surface area contributed by atoms with Crippen molar-refractivity contribution in [1.29, 1.82) is 0 Å². The molecule has 50 heavy (non-hydrogen) atoms. The summed E-state index contributed by atoms with van der Waals surface area (Å²) in [7, 11) is 0. The average Bonchev–Trinajstić information content (AvgIpc) is 3.73. The van der Waals surface area contributed by atoms with Gasteiger partial charge in [-0.1, -0.05) is 115 Å². The van der Waals surface area contributed by atoms with E-state index in [4.69, 9.17) is 14.4 Å². The Bertz CT molecular complexity index is 2780. The van der Waals surface area contributed by atoms with E-state index in [1.807, 2.05) is 42.5 Å². The summed E-state index contributed by atoms with van der Waals surface area (Å²) in [5.41, 5.74) is 10.6. The molecule has 1 aliphatic heterocycles. The highest BCUT2D eigenvalue weighted by molar-refractivity contribution is 6.16. The molecular formula is C45H30N4O. The van der Waals surface area contributed by atoms with Crippen molar-refractivity contribution in [2.75, 3.05) is 0 Å². The van der Waals surface area contributed by atoms with E-state index in [1.165, 1.54) is 32.9 Å². The summed E-state index contributed by atoms with van der Waals surface area (Å²) in [6, 6.07) is 59.3. The van der Waals surface area contributed by atoms with Crippen LogP contribution in [0.2, 0.25) is 0 Å². The molecular weight excluding hydrogens is 613 g/mol. The van der Waals surface area contributed by atoms with E-state index in [2.05, 4.69) is 137 Å². The number of fused-ring (bicyclic) bond motifs is 6. The van der Waals surface area contributed by atoms with Crippen LogP contribution in [0, 0.1) is 0 Å². The Morgan fingerprint density at radius 3 is 1.90 bits per heavy atom. The standard InChI is InChI=1S/C45H30N4O/c1-4-12-29(13-5-1)32-20-23-40-36(26-32)35-18-10-11-19-39(35)49(40)34-22-25-42-38(28-34)37-27-33(21-24-41(37)50-42)45-47-43(30-14-6-2-7-15-30)46-44(48-45)31-16-8-3-9-17-31/h1-28,43H,(H,46,47,48). The first-order valence-electron chi connectivity index (χ1n) is 16.9. The number of aliphatic imine (C=N–C) groups is 2. The molecule has 0 radical (unpaired) electrons. The fourth-order valence-corrected chi connectivity index (χ4v) is 7.23. The van der Waals surface area contributed by atoms with E-state index in [9.17, 15) is 0 Å². The molecule has 0 fully saturated rings. The maximum Gasteiger partial charge on any atom is 0.159 e. The number of hydrogen-bond donors (Lipinski definition) is 1. The molecule has 5 heteroatoms. The van der Waals surface area contributed by atoms with Gasteiger partial charge in [-0.2, -0.15) is 0 Å². The summed E-state index contributed by atoms with van der Waals surface area (Å²) in [4.78, 5) is 10.1. The molecule has 1 N–H and O–H groups in total. The maximum absolute atomic E-state index is 6.39. The van der Waals surface area contributed by atoms with Crippen LogP contribution in [0.25, 0.3) is 60.6 Å². The van der Waals surface area contributed by atoms with Crippen LogP contribution < -0.4 is 5.32 Å². The minimum atomic E-state index is -0.264. The third-order valence-corrected chi connectivity index (χ3v) is 9.65. The number of aromatic nitrogens is 1. The van der Waals surface area contributed by atoms with Gasteiger partial charge in [0.1, 0.15) is 23.2 Å². The van der Waals surface area contributed by atoms with E-state index in [1.54, 1.807) is 0 Å². The van der Waals surface area contributed by atoms with Gasteiger partial charge in [0.2, 0.25) is 0 Å². The van der Waals surface area contributed by atoms with E-state index in [0.29, 0.717) is 5.84 Å². The lowest BCUT2D eigenvalue weighted by Gasteiger charge is -2.23. The van der Waals surface area contributed by atoms with Crippen molar-refractivity contribution in [3.8, 4) is 16.8 Å². The topological polar surface area (TPSA) is 54.8 Å². The second-order valence-electron chi connectivity index (χ2n) is 12.7. The number of rotatable bonds is 5. The van der Waals surface area contributed by atoms with Crippen molar-refractivity contribution >= 4 is 55.4 Å². The molecule has 7 aromatic carbocycles. The average molecular weight is 643 g/mol. The Balaban J connectivity index is 1.11. The van der Waals surface area contributed by atoms with Crippen LogP contribution in [-0.4, -0.2) is 16.2 Å². The highest BCUT2D eigenvalue weighted by Crippen LogP contribution is 2.37. The zero-order chi connectivity index (χ0) is 33.0. The van der Waals surface area contributed by atoms with Gasteiger partial charge in [-0.15, -0.1) is 0 Å². The molecule has 0 spiro atoms. The minimum absolute atomic E-state index is 0.264. The van der Waals surface area contributed by atoms with Crippen LogP contribution in [0.4, 0.5) is 0 Å². The van der Waals surface area contributed by atoms with Gasteiger partial charge in [-0.05, 0) is 71.3 Å². The van der Waals surface area contributed by atoms with Crippen molar-refractivity contribution in [1.82, 2.24) is 9.88 Å². The van der Waals surface area contributed by atoms with Gasteiger partial charge >= 0.3 is 0 Å². The van der Waals surface area contributed by atoms with Gasteiger partial charge in [0.05, 0.1) is 11.0 Å². The number of amidine groups is 2. The fourth-order valence-electron chi connectivity index (χ4n) is 7.23. The van der Waals surface area contributed by atoms with Crippen LogP contribution in [0.1, 0.15) is 22.9 Å². The first kappa shape index (κ1) is 28.3. The number of para-hydroxylation sites is 1. The van der Waals surface area contributed by atoms with Crippen molar-refractivity contribution in [3.63, 3.8) is 0 Å². The fraction of sp³-hybridized carbons (Fsp3) is 0.0222. The molecule has 0 amide bonds. The summed E-state index contributed by atoms with van der Waals surface area (Å²) in [5.74, 6) is 1.48. The van der Waals surface area contributed by atoms with E-state index in [-0.39, 0.29) is 6.17 Å². The lowest BCUT2D eigenvalue weighted by molar-refractivity contribution is 0.668. The first-order valence-corrected chi connectivity index (χ1v) is 16.9. The molecule has 10 rings (SSSR count). The summed E-state index contributed by atoms with van der Waals surface area (Å²) in [5, 5.41) is 8.16. The Labute approximate surface area is 288 Å². The minimum Gasteiger partial charge on any atom is -0.456 e. The molecule has 2 aromatic heterocycles. The first-order chi connectivity index (χ1) is 24.8. The molecule has 0 saturated carbocycles. The predicted octanol–water partition coefficient (Wildman–Crippen LogP) is 10.8. The summed E-state index contributed by atoms with van der Waals surface area (Å²) >= 11 is 0. The Kier molecular flexibility index (Phi) is 6.49. The van der Waals surface area contributed by atoms with Gasteiger partial charge in [-0.3, -0.25) is 0 Å². The molecule has 1 aliphatic rings. The quantitative estimate of drug-likeness (QED) is 0.203. The van der Waals surface area contributed by atoms with Crippen LogP contribution >= 0.6 is 0 Å². The molecule has 3 heterocycles. The molecule has 1 unspecified atom stereocenters. The molecule has 0 bridgehead atoms. The molecule has 236 valence electrons. The molecule has 0 aliphatic carbocycles. The third-order valence-electron chi connectivity index (χ3n) is 9.65. The smallest absolute Gasteiger partial charge is 0.159 e. The summed E-state index contributed by atoms with van der Waals surface area (Å²) in [6.45, 7) is 0. The summed E-state index contributed by atoms with van der Waals surface area (Å²) in [6.07, 6.45) is -0.264. The van der Waals surface area contributed by atoms with E-state index in [0.717, 1.165) is 50.2 Å². The molecule has 5 nitrogen and oxygen atoms in total.